The Morgan fingerprint density at radius 3 is 2.65 bits per heavy atom. The van der Waals surface area contributed by atoms with E-state index in [4.69, 9.17) is 10.5 Å². The molecular weight excluding hydrogens is 487 g/mol. The van der Waals surface area contributed by atoms with Crippen LogP contribution in [0.3, 0.4) is 0 Å². The number of aromatic nitrogens is 2. The zero-order valence-corrected chi connectivity index (χ0v) is 19.8. The predicted octanol–water partition coefficient (Wildman–Crippen LogP) is 4.34. The molecule has 1 amide bonds. The summed E-state index contributed by atoms with van der Waals surface area (Å²) in [4.78, 5) is 21.8. The number of hydrogen-bond acceptors (Lipinski definition) is 7. The Balaban J connectivity index is 1.46. The number of nitrogens with two attached hydrogens (primary N) is 1. The fourth-order valence-electron chi connectivity index (χ4n) is 4.15. The number of halogens is 3. The SMILES string of the molecule is C=CC(=O)N1CCC(CNc2ncnc(N)c2-c2ccc(Oc3cccc(C(F)(F)F)c3)cc2)C(O)C1. The summed E-state index contributed by atoms with van der Waals surface area (Å²) in [6.07, 6.45) is -2.01. The lowest BCUT2D eigenvalue weighted by atomic mass is 9.93. The number of aliphatic hydroxyl groups is 1. The van der Waals surface area contributed by atoms with Gasteiger partial charge in [0.2, 0.25) is 5.91 Å². The van der Waals surface area contributed by atoms with Gasteiger partial charge in [0.25, 0.3) is 0 Å². The number of rotatable bonds is 7. The third-order valence-electron chi connectivity index (χ3n) is 6.16. The van der Waals surface area contributed by atoms with Crippen LogP contribution in [0.1, 0.15) is 12.0 Å². The van der Waals surface area contributed by atoms with Crippen LogP contribution in [0, 0.1) is 5.92 Å². The number of carbonyl (C=O) groups is 1. The van der Waals surface area contributed by atoms with Gasteiger partial charge in [0.15, 0.2) is 0 Å². The fraction of sp³-hybridized carbons (Fsp3) is 0.269. The number of nitrogen functional groups attached to an aromatic ring is 1. The Morgan fingerprint density at radius 1 is 1.22 bits per heavy atom. The first-order valence-corrected chi connectivity index (χ1v) is 11.5. The quantitative estimate of drug-likeness (QED) is 0.403. The average Bonchev–Trinajstić information content (AvgIpc) is 2.88. The van der Waals surface area contributed by atoms with E-state index in [1.165, 1.54) is 24.5 Å². The van der Waals surface area contributed by atoms with Gasteiger partial charge in [-0.1, -0.05) is 24.8 Å². The highest BCUT2D eigenvalue weighted by Gasteiger charge is 2.31. The second-order valence-electron chi connectivity index (χ2n) is 8.62. The highest BCUT2D eigenvalue weighted by Crippen LogP contribution is 2.35. The number of hydrogen-bond donors (Lipinski definition) is 3. The molecule has 37 heavy (non-hydrogen) atoms. The van der Waals surface area contributed by atoms with Crippen LogP contribution in [0.2, 0.25) is 0 Å². The van der Waals surface area contributed by atoms with Crippen LogP contribution in [-0.2, 0) is 11.0 Å². The summed E-state index contributed by atoms with van der Waals surface area (Å²) in [6.45, 7) is 4.62. The first kappa shape index (κ1) is 26.0. The number of nitrogens with one attached hydrogen (secondary N) is 1. The van der Waals surface area contributed by atoms with Gasteiger partial charge in [0, 0.05) is 25.6 Å². The molecule has 2 heterocycles. The molecule has 2 unspecified atom stereocenters. The number of nitrogens with zero attached hydrogens (tertiary/aromatic N) is 3. The molecule has 0 bridgehead atoms. The normalized spacial score (nSPS) is 17.8. The lowest BCUT2D eigenvalue weighted by Gasteiger charge is -2.35. The third kappa shape index (κ3) is 6.18. The van der Waals surface area contributed by atoms with E-state index in [0.717, 1.165) is 12.1 Å². The van der Waals surface area contributed by atoms with Crippen LogP contribution in [0.4, 0.5) is 24.8 Å². The molecule has 4 rings (SSSR count). The molecule has 0 saturated carbocycles. The number of β-amino-alcohol motifs (C(OH)–C–C–N with tert-alkyl or cyclic N) is 1. The number of anilines is 2. The van der Waals surface area contributed by atoms with Gasteiger partial charge in [-0.2, -0.15) is 13.2 Å². The topological polar surface area (TPSA) is 114 Å². The maximum atomic E-state index is 13.0. The molecule has 3 aromatic rings. The molecule has 194 valence electrons. The van der Waals surface area contributed by atoms with Gasteiger partial charge < -0.3 is 25.8 Å². The van der Waals surface area contributed by atoms with Crippen LogP contribution < -0.4 is 15.8 Å². The Morgan fingerprint density at radius 2 is 1.97 bits per heavy atom. The monoisotopic (exact) mass is 513 g/mol. The van der Waals surface area contributed by atoms with Crippen molar-refractivity contribution in [3.05, 3.63) is 73.1 Å². The zero-order valence-electron chi connectivity index (χ0n) is 19.8. The smallest absolute Gasteiger partial charge is 0.416 e. The lowest BCUT2D eigenvalue weighted by Crippen LogP contribution is -2.47. The van der Waals surface area contributed by atoms with Crippen molar-refractivity contribution in [2.45, 2.75) is 18.7 Å². The third-order valence-corrected chi connectivity index (χ3v) is 6.16. The lowest BCUT2D eigenvalue weighted by molar-refractivity contribution is -0.137. The number of aliphatic hydroxyl groups excluding tert-OH is 1. The van der Waals surface area contributed by atoms with Crippen LogP contribution in [0.25, 0.3) is 11.1 Å². The number of alkyl halides is 3. The summed E-state index contributed by atoms with van der Waals surface area (Å²) in [5.41, 5.74) is 6.56. The minimum Gasteiger partial charge on any atom is -0.457 e. The van der Waals surface area contributed by atoms with Crippen molar-refractivity contribution in [1.29, 1.82) is 0 Å². The number of benzene rings is 2. The molecule has 1 aliphatic rings. The molecule has 0 radical (unpaired) electrons. The minimum absolute atomic E-state index is 0.0619. The van der Waals surface area contributed by atoms with Crippen molar-refractivity contribution in [1.82, 2.24) is 14.9 Å². The highest BCUT2D eigenvalue weighted by molar-refractivity contribution is 5.87. The molecule has 1 aliphatic heterocycles. The van der Waals surface area contributed by atoms with Crippen molar-refractivity contribution in [2.24, 2.45) is 5.92 Å². The molecule has 2 atom stereocenters. The van der Waals surface area contributed by atoms with E-state index in [9.17, 15) is 23.1 Å². The van der Waals surface area contributed by atoms with Crippen molar-refractivity contribution in [2.75, 3.05) is 30.7 Å². The summed E-state index contributed by atoms with van der Waals surface area (Å²) >= 11 is 0. The average molecular weight is 514 g/mol. The van der Waals surface area contributed by atoms with Crippen LogP contribution >= 0.6 is 0 Å². The van der Waals surface area contributed by atoms with Gasteiger partial charge in [-0.15, -0.1) is 0 Å². The van der Waals surface area contributed by atoms with E-state index in [2.05, 4.69) is 21.9 Å². The summed E-state index contributed by atoms with van der Waals surface area (Å²) in [5.74, 6) is 0.786. The summed E-state index contributed by atoms with van der Waals surface area (Å²) in [5, 5.41) is 13.7. The maximum Gasteiger partial charge on any atom is 0.416 e. The molecule has 1 fully saturated rings. The highest BCUT2D eigenvalue weighted by atomic mass is 19.4. The Bertz CT molecular complexity index is 1270. The van der Waals surface area contributed by atoms with Gasteiger partial charge in [-0.3, -0.25) is 4.79 Å². The molecule has 2 aromatic carbocycles. The summed E-state index contributed by atoms with van der Waals surface area (Å²) in [6, 6.07) is 11.3. The van der Waals surface area contributed by atoms with E-state index in [0.29, 0.717) is 42.2 Å². The van der Waals surface area contributed by atoms with E-state index >= 15 is 0 Å². The molecule has 4 N–H and O–H groups in total. The van der Waals surface area contributed by atoms with Crippen molar-refractivity contribution in [3.63, 3.8) is 0 Å². The Labute approximate surface area is 211 Å². The number of carbonyl (C=O) groups excluding carboxylic acids is 1. The van der Waals surface area contributed by atoms with E-state index in [1.54, 1.807) is 29.2 Å². The first-order valence-electron chi connectivity index (χ1n) is 11.5. The van der Waals surface area contributed by atoms with Gasteiger partial charge in [-0.25, -0.2) is 9.97 Å². The molecule has 0 aliphatic carbocycles. The van der Waals surface area contributed by atoms with Gasteiger partial charge in [0.1, 0.15) is 29.5 Å². The molecule has 8 nitrogen and oxygen atoms in total. The predicted molar refractivity (Wildman–Crippen MR) is 133 cm³/mol. The first-order chi connectivity index (χ1) is 17.7. The van der Waals surface area contributed by atoms with Crippen molar-refractivity contribution >= 4 is 17.5 Å². The van der Waals surface area contributed by atoms with E-state index in [1.807, 2.05) is 0 Å². The van der Waals surface area contributed by atoms with Gasteiger partial charge in [0.05, 0.1) is 17.2 Å². The second kappa shape index (κ2) is 10.9. The summed E-state index contributed by atoms with van der Waals surface area (Å²) in [7, 11) is 0. The fourth-order valence-corrected chi connectivity index (χ4v) is 4.15. The maximum absolute atomic E-state index is 13.0. The van der Waals surface area contributed by atoms with E-state index in [-0.39, 0.29) is 29.9 Å². The largest absolute Gasteiger partial charge is 0.457 e. The van der Waals surface area contributed by atoms with Crippen molar-refractivity contribution < 1.29 is 27.8 Å². The van der Waals surface area contributed by atoms with Crippen LogP contribution in [0.15, 0.2) is 67.5 Å². The molecule has 1 saturated heterocycles. The molecule has 1 aromatic heterocycles. The summed E-state index contributed by atoms with van der Waals surface area (Å²) < 4.78 is 44.5. The van der Waals surface area contributed by atoms with Gasteiger partial charge >= 0.3 is 6.18 Å². The number of likely N-dealkylation sites (tertiary alicyclic amines) is 1. The van der Waals surface area contributed by atoms with E-state index < -0.39 is 17.8 Å². The molecular formula is C26H26F3N5O3. The Kier molecular flexibility index (Phi) is 7.63. The molecule has 0 spiro atoms. The van der Waals surface area contributed by atoms with Crippen LogP contribution in [-0.4, -0.2) is 51.6 Å². The standard InChI is InChI=1S/C26H26F3N5O3/c1-2-22(36)34-11-10-17(21(35)14-34)13-31-25-23(24(30)32-15-33-25)16-6-8-19(9-7-16)37-20-5-3-4-18(12-20)26(27,28)29/h2-9,12,15,17,21,35H,1,10-11,13-14H2,(H3,30,31,32,33). The number of piperidine rings is 1. The van der Waals surface area contributed by atoms with Crippen LogP contribution in [0.5, 0.6) is 11.5 Å². The van der Waals surface area contributed by atoms with Crippen molar-refractivity contribution in [3.8, 4) is 22.6 Å². The molecule has 11 heteroatoms. The number of ether oxygens (including phenoxy) is 1. The second-order valence-corrected chi connectivity index (χ2v) is 8.62. The van der Waals surface area contributed by atoms with Gasteiger partial charge in [-0.05, 0) is 48.4 Å². The zero-order chi connectivity index (χ0) is 26.6. The number of amides is 1. The Hall–Kier alpha value is -4.12. The minimum atomic E-state index is -4.46.